The standard InChI is InChI=1S/C14H22N2/c1-11(15)12-7-9-14(10-8-12)16(2)13-5-3-4-6-13/h7-11,13H,3-6,15H2,1-2H3/t11-/m1/s1. The first-order valence-electron chi connectivity index (χ1n) is 6.27. The minimum absolute atomic E-state index is 0.130. The van der Waals surface area contributed by atoms with Gasteiger partial charge in [0.1, 0.15) is 0 Å². The van der Waals surface area contributed by atoms with Gasteiger partial charge in [0, 0.05) is 24.8 Å². The lowest BCUT2D eigenvalue weighted by Crippen LogP contribution is -2.28. The third kappa shape index (κ3) is 2.38. The lowest BCUT2D eigenvalue weighted by molar-refractivity contribution is 0.653. The summed E-state index contributed by atoms with van der Waals surface area (Å²) in [5.41, 5.74) is 8.38. The van der Waals surface area contributed by atoms with E-state index in [1.165, 1.54) is 36.9 Å². The molecule has 0 amide bonds. The zero-order valence-electron chi connectivity index (χ0n) is 10.3. The molecule has 2 N–H and O–H groups in total. The molecule has 1 fully saturated rings. The quantitative estimate of drug-likeness (QED) is 0.844. The number of hydrogen-bond donors (Lipinski definition) is 1. The van der Waals surface area contributed by atoms with Crippen molar-refractivity contribution in [2.24, 2.45) is 5.73 Å². The molecule has 0 spiro atoms. The SMILES string of the molecule is C[C@@H](N)c1ccc(N(C)C2CCCC2)cc1. The number of hydrogen-bond acceptors (Lipinski definition) is 2. The van der Waals surface area contributed by atoms with Crippen LogP contribution >= 0.6 is 0 Å². The van der Waals surface area contributed by atoms with Gasteiger partial charge in [0.05, 0.1) is 0 Å². The van der Waals surface area contributed by atoms with Crippen LogP contribution in [0.1, 0.15) is 44.2 Å². The second-order valence-electron chi connectivity index (χ2n) is 4.93. The van der Waals surface area contributed by atoms with Crippen LogP contribution in [0.15, 0.2) is 24.3 Å². The molecule has 16 heavy (non-hydrogen) atoms. The first kappa shape index (κ1) is 11.5. The molecular formula is C14H22N2. The lowest BCUT2D eigenvalue weighted by Gasteiger charge is -2.26. The highest BCUT2D eigenvalue weighted by molar-refractivity contribution is 5.48. The molecule has 1 aliphatic carbocycles. The Morgan fingerprint density at radius 3 is 2.25 bits per heavy atom. The maximum absolute atomic E-state index is 5.85. The fraction of sp³-hybridized carbons (Fsp3) is 0.571. The molecule has 0 heterocycles. The van der Waals surface area contributed by atoms with Crippen molar-refractivity contribution < 1.29 is 0 Å². The summed E-state index contributed by atoms with van der Waals surface area (Å²) in [6, 6.07) is 9.54. The summed E-state index contributed by atoms with van der Waals surface area (Å²) in [6.45, 7) is 2.02. The van der Waals surface area contributed by atoms with Crippen molar-refractivity contribution in [3.05, 3.63) is 29.8 Å². The Morgan fingerprint density at radius 2 is 1.75 bits per heavy atom. The summed E-state index contributed by atoms with van der Waals surface area (Å²) in [5, 5.41) is 0. The van der Waals surface area contributed by atoms with Gasteiger partial charge in [-0.25, -0.2) is 0 Å². The molecule has 0 bridgehead atoms. The zero-order valence-corrected chi connectivity index (χ0v) is 10.3. The van der Waals surface area contributed by atoms with E-state index in [0.29, 0.717) is 0 Å². The Hall–Kier alpha value is -1.02. The zero-order chi connectivity index (χ0) is 11.5. The van der Waals surface area contributed by atoms with Gasteiger partial charge in [-0.05, 0) is 37.5 Å². The van der Waals surface area contributed by atoms with Crippen molar-refractivity contribution in [1.82, 2.24) is 0 Å². The molecule has 1 aromatic rings. The van der Waals surface area contributed by atoms with Gasteiger partial charge in [0.25, 0.3) is 0 Å². The van der Waals surface area contributed by atoms with E-state index in [0.717, 1.165) is 6.04 Å². The van der Waals surface area contributed by atoms with E-state index in [9.17, 15) is 0 Å². The van der Waals surface area contributed by atoms with Gasteiger partial charge in [0.15, 0.2) is 0 Å². The summed E-state index contributed by atoms with van der Waals surface area (Å²) < 4.78 is 0. The summed E-state index contributed by atoms with van der Waals surface area (Å²) in [6.07, 6.45) is 5.44. The maximum Gasteiger partial charge on any atom is 0.0366 e. The van der Waals surface area contributed by atoms with Crippen LogP contribution in [0.2, 0.25) is 0 Å². The molecular weight excluding hydrogens is 196 g/mol. The molecule has 2 rings (SSSR count). The number of nitrogens with zero attached hydrogens (tertiary/aromatic N) is 1. The van der Waals surface area contributed by atoms with E-state index in [4.69, 9.17) is 5.73 Å². The molecule has 0 aliphatic heterocycles. The average molecular weight is 218 g/mol. The van der Waals surface area contributed by atoms with Crippen LogP contribution in [0.4, 0.5) is 5.69 Å². The summed E-state index contributed by atoms with van der Waals surface area (Å²) in [5.74, 6) is 0. The lowest BCUT2D eigenvalue weighted by atomic mass is 10.1. The molecule has 1 aliphatic rings. The Balaban J connectivity index is 2.08. The Kier molecular flexibility index (Phi) is 3.49. The number of nitrogens with two attached hydrogens (primary N) is 1. The monoisotopic (exact) mass is 218 g/mol. The highest BCUT2D eigenvalue weighted by Gasteiger charge is 2.19. The van der Waals surface area contributed by atoms with Crippen molar-refractivity contribution in [2.45, 2.75) is 44.7 Å². The molecule has 2 nitrogen and oxygen atoms in total. The topological polar surface area (TPSA) is 29.3 Å². The fourth-order valence-corrected chi connectivity index (χ4v) is 2.52. The van der Waals surface area contributed by atoms with Crippen molar-refractivity contribution in [1.29, 1.82) is 0 Å². The Labute approximate surface area is 98.4 Å². The first-order valence-corrected chi connectivity index (χ1v) is 6.27. The van der Waals surface area contributed by atoms with Crippen molar-refractivity contribution in [2.75, 3.05) is 11.9 Å². The minimum atomic E-state index is 0.130. The van der Waals surface area contributed by atoms with Crippen LogP contribution in [-0.4, -0.2) is 13.1 Å². The smallest absolute Gasteiger partial charge is 0.0366 e. The largest absolute Gasteiger partial charge is 0.372 e. The molecule has 0 saturated heterocycles. The predicted octanol–water partition coefficient (Wildman–Crippen LogP) is 3.09. The highest BCUT2D eigenvalue weighted by Crippen LogP contribution is 2.27. The second-order valence-corrected chi connectivity index (χ2v) is 4.93. The van der Waals surface area contributed by atoms with Gasteiger partial charge < -0.3 is 10.6 Å². The highest BCUT2D eigenvalue weighted by atomic mass is 15.1. The second kappa shape index (κ2) is 4.88. The fourth-order valence-electron chi connectivity index (χ4n) is 2.52. The average Bonchev–Trinajstić information content (AvgIpc) is 2.81. The minimum Gasteiger partial charge on any atom is -0.372 e. The van der Waals surface area contributed by atoms with E-state index in [1.54, 1.807) is 0 Å². The van der Waals surface area contributed by atoms with E-state index in [1.807, 2.05) is 6.92 Å². The van der Waals surface area contributed by atoms with Crippen molar-refractivity contribution in [3.8, 4) is 0 Å². The molecule has 1 atom stereocenters. The molecule has 1 saturated carbocycles. The molecule has 0 unspecified atom stereocenters. The summed E-state index contributed by atoms with van der Waals surface area (Å²) >= 11 is 0. The van der Waals surface area contributed by atoms with E-state index in [-0.39, 0.29) is 6.04 Å². The van der Waals surface area contributed by atoms with Gasteiger partial charge in [-0.2, -0.15) is 0 Å². The third-order valence-electron chi connectivity index (χ3n) is 3.70. The van der Waals surface area contributed by atoms with Gasteiger partial charge in [-0.15, -0.1) is 0 Å². The number of benzene rings is 1. The van der Waals surface area contributed by atoms with Crippen LogP contribution in [0.5, 0.6) is 0 Å². The van der Waals surface area contributed by atoms with E-state index >= 15 is 0 Å². The van der Waals surface area contributed by atoms with E-state index < -0.39 is 0 Å². The van der Waals surface area contributed by atoms with Gasteiger partial charge in [0.2, 0.25) is 0 Å². The molecule has 88 valence electrons. The van der Waals surface area contributed by atoms with Crippen LogP contribution in [-0.2, 0) is 0 Å². The van der Waals surface area contributed by atoms with Crippen LogP contribution in [0.25, 0.3) is 0 Å². The molecule has 0 aromatic heterocycles. The number of anilines is 1. The summed E-state index contributed by atoms with van der Waals surface area (Å²) in [7, 11) is 2.21. The van der Waals surface area contributed by atoms with Crippen LogP contribution in [0, 0.1) is 0 Å². The van der Waals surface area contributed by atoms with E-state index in [2.05, 4.69) is 36.2 Å². The van der Waals surface area contributed by atoms with Crippen molar-refractivity contribution in [3.63, 3.8) is 0 Å². The Morgan fingerprint density at radius 1 is 1.19 bits per heavy atom. The number of rotatable bonds is 3. The maximum atomic E-state index is 5.85. The van der Waals surface area contributed by atoms with Gasteiger partial charge >= 0.3 is 0 Å². The normalized spacial score (nSPS) is 18.7. The molecule has 2 heteroatoms. The van der Waals surface area contributed by atoms with Gasteiger partial charge in [-0.3, -0.25) is 0 Å². The first-order chi connectivity index (χ1) is 7.68. The summed E-state index contributed by atoms with van der Waals surface area (Å²) in [4.78, 5) is 2.41. The van der Waals surface area contributed by atoms with Crippen molar-refractivity contribution >= 4 is 5.69 Å². The third-order valence-corrected chi connectivity index (χ3v) is 3.70. The Bertz CT molecular complexity index is 323. The molecule has 1 aromatic carbocycles. The van der Waals surface area contributed by atoms with Gasteiger partial charge in [-0.1, -0.05) is 25.0 Å². The molecule has 0 radical (unpaired) electrons. The van der Waals surface area contributed by atoms with Crippen LogP contribution in [0.3, 0.4) is 0 Å². The van der Waals surface area contributed by atoms with Crippen LogP contribution < -0.4 is 10.6 Å². The predicted molar refractivity (Wildman–Crippen MR) is 69.7 cm³/mol.